The van der Waals surface area contributed by atoms with Gasteiger partial charge in [-0.15, -0.1) is 0 Å². The van der Waals surface area contributed by atoms with Gasteiger partial charge < -0.3 is 9.80 Å². The van der Waals surface area contributed by atoms with Crippen LogP contribution in [0.5, 0.6) is 0 Å². The molecule has 2 aromatic rings. The molecule has 130 valence electrons. The Morgan fingerprint density at radius 2 is 1.72 bits per heavy atom. The molecule has 0 bridgehead atoms. The predicted molar refractivity (Wildman–Crippen MR) is 85.1 cm³/mol. The lowest BCUT2D eigenvalue weighted by Crippen LogP contribution is -2.47. The Balaban J connectivity index is 1.80. The highest BCUT2D eigenvalue weighted by molar-refractivity contribution is 5.56. The number of pyridine rings is 1. The maximum Gasteiger partial charge on any atom is 0.433 e. The van der Waals surface area contributed by atoms with Gasteiger partial charge in [-0.2, -0.15) is 18.4 Å². The third-order valence-electron chi connectivity index (χ3n) is 3.95. The number of aromatic nitrogens is 3. The second-order valence-electron chi connectivity index (χ2n) is 5.61. The number of rotatable bonds is 2. The monoisotopic (exact) mass is 348 g/mol. The van der Waals surface area contributed by atoms with Gasteiger partial charge >= 0.3 is 6.18 Å². The fraction of sp³-hybridized carbons (Fsp3) is 0.375. The zero-order valence-electron chi connectivity index (χ0n) is 13.5. The first kappa shape index (κ1) is 17.0. The highest BCUT2D eigenvalue weighted by Gasteiger charge is 2.34. The maximum absolute atomic E-state index is 12.9. The molecule has 0 atom stereocenters. The first-order valence-electron chi connectivity index (χ1n) is 7.66. The minimum atomic E-state index is -4.54. The molecule has 3 heterocycles. The summed E-state index contributed by atoms with van der Waals surface area (Å²) in [6, 6.07) is 5.72. The Bertz CT molecular complexity index is 806. The Morgan fingerprint density at radius 1 is 1.04 bits per heavy atom. The van der Waals surface area contributed by atoms with Crippen LogP contribution >= 0.6 is 0 Å². The molecule has 1 aliphatic heterocycles. The van der Waals surface area contributed by atoms with Crippen LogP contribution in [0.1, 0.15) is 17.1 Å². The Hall–Kier alpha value is -2.89. The van der Waals surface area contributed by atoms with Crippen molar-refractivity contribution >= 4 is 11.6 Å². The van der Waals surface area contributed by atoms with E-state index in [1.54, 1.807) is 24.1 Å². The van der Waals surface area contributed by atoms with Gasteiger partial charge in [0, 0.05) is 32.4 Å². The molecule has 0 saturated carbocycles. The fourth-order valence-corrected chi connectivity index (χ4v) is 2.70. The molecule has 0 aromatic carbocycles. The minimum absolute atomic E-state index is 0.0795. The molecule has 25 heavy (non-hydrogen) atoms. The summed E-state index contributed by atoms with van der Waals surface area (Å²) in [7, 11) is 0. The third-order valence-corrected chi connectivity index (χ3v) is 3.95. The van der Waals surface area contributed by atoms with Crippen LogP contribution in [0.3, 0.4) is 0 Å². The number of hydrogen-bond donors (Lipinski definition) is 0. The third kappa shape index (κ3) is 3.63. The van der Waals surface area contributed by atoms with E-state index in [1.807, 2.05) is 11.0 Å². The quantitative estimate of drug-likeness (QED) is 0.830. The van der Waals surface area contributed by atoms with Crippen molar-refractivity contribution in [3.63, 3.8) is 0 Å². The number of alkyl halides is 3. The van der Waals surface area contributed by atoms with Crippen molar-refractivity contribution in [3.8, 4) is 6.07 Å². The van der Waals surface area contributed by atoms with Crippen molar-refractivity contribution < 1.29 is 13.2 Å². The van der Waals surface area contributed by atoms with Crippen molar-refractivity contribution in [1.29, 1.82) is 5.26 Å². The van der Waals surface area contributed by atoms with Gasteiger partial charge in [0.1, 0.15) is 29.2 Å². The molecule has 3 rings (SSSR count). The van der Waals surface area contributed by atoms with Gasteiger partial charge in [0.15, 0.2) is 0 Å². The second kappa shape index (κ2) is 6.55. The highest BCUT2D eigenvalue weighted by atomic mass is 19.4. The van der Waals surface area contributed by atoms with Gasteiger partial charge in [0.25, 0.3) is 0 Å². The summed E-state index contributed by atoms with van der Waals surface area (Å²) in [6.07, 6.45) is -2.87. The van der Waals surface area contributed by atoms with Crippen molar-refractivity contribution in [1.82, 2.24) is 15.0 Å². The van der Waals surface area contributed by atoms with Crippen LogP contribution in [0.15, 0.2) is 24.4 Å². The van der Waals surface area contributed by atoms with Crippen molar-refractivity contribution in [2.24, 2.45) is 0 Å². The topological polar surface area (TPSA) is 68.9 Å². The normalized spacial score (nSPS) is 15.2. The number of halogens is 3. The molecular weight excluding hydrogens is 333 g/mol. The predicted octanol–water partition coefficient (Wildman–Crippen LogP) is 2.40. The molecule has 0 radical (unpaired) electrons. The summed E-state index contributed by atoms with van der Waals surface area (Å²) in [5, 5.41) is 9.18. The molecule has 0 spiro atoms. The molecule has 2 aromatic heterocycles. The molecule has 0 aliphatic carbocycles. The molecule has 1 saturated heterocycles. The van der Waals surface area contributed by atoms with Gasteiger partial charge in [-0.05, 0) is 25.1 Å². The summed E-state index contributed by atoms with van der Waals surface area (Å²) in [4.78, 5) is 15.8. The van der Waals surface area contributed by atoms with Crippen LogP contribution in [0.25, 0.3) is 0 Å². The number of anilines is 2. The van der Waals surface area contributed by atoms with E-state index < -0.39 is 11.9 Å². The van der Waals surface area contributed by atoms with Gasteiger partial charge in [-0.25, -0.2) is 15.0 Å². The van der Waals surface area contributed by atoms with E-state index in [1.165, 1.54) is 6.07 Å². The molecule has 0 amide bonds. The SMILES string of the molecule is Cc1nccc(N2CCN(c3nc(C(F)(F)F)ccc3C#N)CC2)n1. The fourth-order valence-electron chi connectivity index (χ4n) is 2.70. The molecule has 9 heteroatoms. The van der Waals surface area contributed by atoms with Gasteiger partial charge in [0.2, 0.25) is 0 Å². The van der Waals surface area contributed by atoms with Crippen molar-refractivity contribution in [2.75, 3.05) is 36.0 Å². The molecule has 6 nitrogen and oxygen atoms in total. The van der Waals surface area contributed by atoms with E-state index >= 15 is 0 Å². The number of piperazine rings is 1. The Morgan fingerprint density at radius 3 is 2.32 bits per heavy atom. The van der Waals surface area contributed by atoms with E-state index in [9.17, 15) is 18.4 Å². The van der Waals surface area contributed by atoms with E-state index in [0.29, 0.717) is 32.0 Å². The van der Waals surface area contributed by atoms with Crippen LogP contribution in [-0.4, -0.2) is 41.1 Å². The number of aryl methyl sites for hydroxylation is 1. The minimum Gasteiger partial charge on any atom is -0.353 e. The lowest BCUT2D eigenvalue weighted by atomic mass is 10.2. The number of nitrogens with zero attached hydrogens (tertiary/aromatic N) is 6. The maximum atomic E-state index is 12.9. The van der Waals surface area contributed by atoms with Crippen LogP contribution in [0, 0.1) is 18.3 Å². The summed E-state index contributed by atoms with van der Waals surface area (Å²) >= 11 is 0. The molecule has 0 N–H and O–H groups in total. The Labute approximate surface area is 142 Å². The average molecular weight is 348 g/mol. The van der Waals surface area contributed by atoms with Crippen LogP contribution in [0.2, 0.25) is 0 Å². The average Bonchev–Trinajstić information content (AvgIpc) is 2.60. The zero-order valence-corrected chi connectivity index (χ0v) is 13.5. The lowest BCUT2D eigenvalue weighted by molar-refractivity contribution is -0.141. The number of hydrogen-bond acceptors (Lipinski definition) is 6. The van der Waals surface area contributed by atoms with E-state index in [-0.39, 0.29) is 11.4 Å². The zero-order chi connectivity index (χ0) is 18.0. The van der Waals surface area contributed by atoms with Crippen LogP contribution in [-0.2, 0) is 6.18 Å². The number of nitriles is 1. The largest absolute Gasteiger partial charge is 0.433 e. The molecule has 1 fully saturated rings. The summed E-state index contributed by atoms with van der Waals surface area (Å²) in [5.74, 6) is 1.52. The molecule has 0 unspecified atom stereocenters. The summed E-state index contributed by atoms with van der Waals surface area (Å²) in [5.41, 5.74) is -0.852. The smallest absolute Gasteiger partial charge is 0.353 e. The summed E-state index contributed by atoms with van der Waals surface area (Å²) in [6.45, 7) is 3.84. The standard InChI is InChI=1S/C16H15F3N6/c1-11-21-5-4-14(22-11)24-6-8-25(9-7-24)15-12(10-20)2-3-13(23-15)16(17,18)19/h2-5H,6-9H2,1H3. The second-order valence-corrected chi connectivity index (χ2v) is 5.61. The van der Waals surface area contributed by atoms with Crippen molar-refractivity contribution in [2.45, 2.75) is 13.1 Å². The molecule has 1 aliphatic rings. The summed E-state index contributed by atoms with van der Waals surface area (Å²) < 4.78 is 38.7. The van der Waals surface area contributed by atoms with Crippen LogP contribution in [0.4, 0.5) is 24.8 Å². The first-order valence-corrected chi connectivity index (χ1v) is 7.66. The van der Waals surface area contributed by atoms with Crippen molar-refractivity contribution in [3.05, 3.63) is 41.5 Å². The highest BCUT2D eigenvalue weighted by Crippen LogP contribution is 2.31. The van der Waals surface area contributed by atoms with E-state index in [2.05, 4.69) is 15.0 Å². The van der Waals surface area contributed by atoms with Gasteiger partial charge in [-0.1, -0.05) is 0 Å². The first-order chi connectivity index (χ1) is 11.9. The van der Waals surface area contributed by atoms with E-state index in [0.717, 1.165) is 11.9 Å². The van der Waals surface area contributed by atoms with Crippen LogP contribution < -0.4 is 9.80 Å². The lowest BCUT2D eigenvalue weighted by Gasteiger charge is -2.36. The van der Waals surface area contributed by atoms with E-state index in [4.69, 9.17) is 0 Å². The Kier molecular flexibility index (Phi) is 4.44. The molecular formula is C16H15F3N6. The van der Waals surface area contributed by atoms with Gasteiger partial charge in [0.05, 0.1) is 5.56 Å². The van der Waals surface area contributed by atoms with Gasteiger partial charge in [-0.3, -0.25) is 0 Å².